The fourth-order valence-corrected chi connectivity index (χ4v) is 6.91. The van der Waals surface area contributed by atoms with E-state index in [4.69, 9.17) is 14.6 Å². The van der Waals surface area contributed by atoms with Crippen LogP contribution in [0.2, 0.25) is 0 Å². The van der Waals surface area contributed by atoms with Crippen LogP contribution in [0.25, 0.3) is 0 Å². The number of aliphatic carboxylic acids is 1. The number of unbranched alkanes of at least 4 members (excludes halogenated alkanes) is 7. The Morgan fingerprint density at radius 2 is 1.56 bits per heavy atom. The zero-order valence-electron chi connectivity index (χ0n) is 25.1. The van der Waals surface area contributed by atoms with Crippen LogP contribution in [0.5, 0.6) is 0 Å². The van der Waals surface area contributed by atoms with Crippen LogP contribution < -0.4 is 0 Å². The van der Waals surface area contributed by atoms with E-state index in [2.05, 4.69) is 25.6 Å². The fourth-order valence-electron chi connectivity index (χ4n) is 5.60. The average molecular weight is 591 g/mol. The second-order valence-electron chi connectivity index (χ2n) is 11.6. The Hall–Kier alpha value is -0.200. The summed E-state index contributed by atoms with van der Waals surface area (Å²) < 4.78 is 21.7. The quantitative estimate of drug-likeness (QED) is 0.0590. The molecule has 0 amide bonds. The van der Waals surface area contributed by atoms with Gasteiger partial charge in [-0.3, -0.25) is 4.57 Å². The van der Waals surface area contributed by atoms with Crippen molar-refractivity contribution in [1.82, 2.24) is 0 Å². The molecule has 39 heavy (non-hydrogen) atoms. The molecule has 0 aliphatic heterocycles. The molecule has 0 spiro atoms. The van der Waals surface area contributed by atoms with Crippen molar-refractivity contribution in [3.63, 3.8) is 0 Å². The van der Waals surface area contributed by atoms with Crippen LogP contribution in [0.15, 0.2) is 0 Å². The number of carboxylic acid groups (broad SMARTS) is 1. The van der Waals surface area contributed by atoms with Gasteiger partial charge in [0.05, 0.1) is 12.7 Å². The zero-order chi connectivity index (χ0) is 28.6. The average Bonchev–Trinajstić information content (AvgIpc) is 3.22. The molecule has 0 saturated heterocycles. The van der Waals surface area contributed by atoms with Gasteiger partial charge in [-0.25, -0.2) is 4.79 Å². The number of carboxylic acids is 1. The molecule has 2 N–H and O–H groups in total. The van der Waals surface area contributed by atoms with Crippen molar-refractivity contribution < 1.29 is 29.0 Å². The lowest BCUT2D eigenvalue weighted by atomic mass is 9.81. The monoisotopic (exact) mass is 590 g/mol. The molecular formula is C31H59O6PS. The van der Waals surface area contributed by atoms with E-state index in [1.54, 1.807) is 0 Å². The molecule has 0 aromatic carbocycles. The second kappa shape index (κ2) is 24.4. The van der Waals surface area contributed by atoms with E-state index >= 15 is 0 Å². The first-order valence-electron chi connectivity index (χ1n) is 16.0. The van der Waals surface area contributed by atoms with E-state index in [-0.39, 0.29) is 12.7 Å². The predicted octanol–water partition coefficient (Wildman–Crippen LogP) is 8.88. The fraction of sp³-hybridized carbons (Fsp3) is 0.968. The first-order chi connectivity index (χ1) is 18.9. The van der Waals surface area contributed by atoms with Crippen molar-refractivity contribution in [3.8, 4) is 0 Å². The van der Waals surface area contributed by atoms with Crippen LogP contribution in [0.4, 0.5) is 0 Å². The third-order valence-electron chi connectivity index (χ3n) is 8.16. The highest BCUT2D eigenvalue weighted by atomic mass is 32.2. The Morgan fingerprint density at radius 1 is 0.897 bits per heavy atom. The molecule has 230 valence electrons. The largest absolute Gasteiger partial charge is 0.478 e. The third kappa shape index (κ3) is 18.8. The highest BCUT2D eigenvalue weighted by Crippen LogP contribution is 2.34. The topological polar surface area (TPSA) is 93.1 Å². The summed E-state index contributed by atoms with van der Waals surface area (Å²) in [5.74, 6) is 3.13. The Labute approximate surface area is 245 Å². The van der Waals surface area contributed by atoms with Gasteiger partial charge in [0.1, 0.15) is 0 Å². The molecule has 1 rings (SSSR count). The van der Waals surface area contributed by atoms with E-state index in [1.807, 2.05) is 0 Å². The highest BCUT2D eigenvalue weighted by Gasteiger charge is 2.37. The molecule has 1 fully saturated rings. The van der Waals surface area contributed by atoms with Gasteiger partial charge in [0.25, 0.3) is 5.34 Å². The number of hydrogen-bond acceptors (Lipinski definition) is 6. The second-order valence-corrected chi connectivity index (χ2v) is 13.8. The van der Waals surface area contributed by atoms with E-state index < -0.39 is 26.4 Å². The number of ether oxygens (including phenoxy) is 2. The maximum Gasteiger partial charge on any atom is 0.350 e. The number of carbonyl (C=O) groups is 1. The molecule has 0 heterocycles. The van der Waals surface area contributed by atoms with Crippen molar-refractivity contribution in [3.05, 3.63) is 0 Å². The Bertz CT molecular complexity index is 602. The molecule has 0 aromatic heterocycles. The van der Waals surface area contributed by atoms with Gasteiger partial charge in [-0.1, -0.05) is 103 Å². The lowest BCUT2D eigenvalue weighted by Gasteiger charge is -2.26. The minimum atomic E-state index is -2.36. The van der Waals surface area contributed by atoms with Gasteiger partial charge in [0.15, 0.2) is 0 Å². The van der Waals surface area contributed by atoms with Crippen LogP contribution in [0, 0.1) is 11.8 Å². The van der Waals surface area contributed by atoms with E-state index in [0.717, 1.165) is 18.3 Å². The standard InChI is InChI=1S/C31H59O6PS/c1-3-4-11-18-29(28-19-13-8-9-14-20-28)21-25-39-24-15-10-6-5-7-12-17-27(2)37-23-16-22-36-26-31(34,38-35)30(32)33/h27-29,34H,3-26H2,1-2H3,(H,32,33). The molecule has 0 radical (unpaired) electrons. The molecule has 0 aromatic rings. The lowest BCUT2D eigenvalue weighted by molar-refractivity contribution is -0.154. The molecule has 1 saturated carbocycles. The molecule has 6 nitrogen and oxygen atoms in total. The van der Waals surface area contributed by atoms with Gasteiger partial charge >= 0.3 is 5.97 Å². The molecular weight excluding hydrogens is 531 g/mol. The van der Waals surface area contributed by atoms with Crippen molar-refractivity contribution >= 4 is 26.2 Å². The molecule has 1 aliphatic rings. The van der Waals surface area contributed by atoms with Gasteiger partial charge in [-0.05, 0) is 55.9 Å². The number of hydrogen-bond donors (Lipinski definition) is 2. The third-order valence-corrected chi connectivity index (χ3v) is 9.88. The molecule has 3 unspecified atom stereocenters. The summed E-state index contributed by atoms with van der Waals surface area (Å²) in [5, 5.41) is 16.0. The Morgan fingerprint density at radius 3 is 2.23 bits per heavy atom. The maximum absolute atomic E-state index is 10.8. The summed E-state index contributed by atoms with van der Waals surface area (Å²) >= 11 is 2.20. The van der Waals surface area contributed by atoms with Crippen molar-refractivity contribution in [2.45, 2.75) is 147 Å². The van der Waals surface area contributed by atoms with E-state index in [9.17, 15) is 14.5 Å². The minimum absolute atomic E-state index is 0.196. The normalized spacial score (nSPS) is 18.0. The van der Waals surface area contributed by atoms with Crippen LogP contribution >= 0.6 is 20.2 Å². The molecule has 0 bridgehead atoms. The Kier molecular flexibility index (Phi) is 23.0. The maximum atomic E-state index is 10.8. The van der Waals surface area contributed by atoms with Crippen molar-refractivity contribution in [1.29, 1.82) is 0 Å². The van der Waals surface area contributed by atoms with E-state index in [1.165, 1.54) is 121 Å². The van der Waals surface area contributed by atoms with Crippen LogP contribution in [0.1, 0.15) is 136 Å². The summed E-state index contributed by atoms with van der Waals surface area (Å²) in [6.07, 6.45) is 25.6. The SMILES string of the molecule is CCCCCC(CCSCCCCCCCCC(C)OCCCOCC(O)(P=O)C(=O)O)C1CCCCCC1. The number of aliphatic hydroxyl groups is 1. The zero-order valence-corrected chi connectivity index (χ0v) is 26.8. The smallest absolute Gasteiger partial charge is 0.350 e. The summed E-state index contributed by atoms with van der Waals surface area (Å²) in [6, 6.07) is 0. The predicted molar refractivity (Wildman–Crippen MR) is 164 cm³/mol. The highest BCUT2D eigenvalue weighted by molar-refractivity contribution is 7.99. The first-order valence-corrected chi connectivity index (χ1v) is 18.0. The van der Waals surface area contributed by atoms with Gasteiger partial charge in [0.2, 0.25) is 8.46 Å². The van der Waals surface area contributed by atoms with Crippen LogP contribution in [0.3, 0.4) is 0 Å². The van der Waals surface area contributed by atoms with Gasteiger partial charge in [0, 0.05) is 13.2 Å². The summed E-state index contributed by atoms with van der Waals surface area (Å²) in [4.78, 5) is 10.8. The Balaban J connectivity index is 1.96. The minimum Gasteiger partial charge on any atom is -0.478 e. The molecule has 3 atom stereocenters. The van der Waals surface area contributed by atoms with Crippen molar-refractivity contribution in [2.75, 3.05) is 31.3 Å². The van der Waals surface area contributed by atoms with Gasteiger partial charge < -0.3 is 19.7 Å². The van der Waals surface area contributed by atoms with E-state index in [0.29, 0.717) is 13.0 Å². The van der Waals surface area contributed by atoms with Gasteiger partial charge in [-0.15, -0.1) is 0 Å². The lowest BCUT2D eigenvalue weighted by Crippen LogP contribution is -2.37. The van der Waals surface area contributed by atoms with Gasteiger partial charge in [-0.2, -0.15) is 11.8 Å². The van der Waals surface area contributed by atoms with Crippen LogP contribution in [-0.4, -0.2) is 59.0 Å². The first kappa shape index (κ1) is 36.8. The van der Waals surface area contributed by atoms with Crippen LogP contribution in [-0.2, 0) is 18.8 Å². The molecule has 8 heteroatoms. The molecule has 1 aliphatic carbocycles. The number of thioether (sulfide) groups is 1. The summed E-state index contributed by atoms with van der Waals surface area (Å²) in [5.41, 5.74) is 0. The summed E-state index contributed by atoms with van der Waals surface area (Å²) in [6.45, 7) is 4.70. The van der Waals surface area contributed by atoms with Crippen molar-refractivity contribution in [2.24, 2.45) is 11.8 Å². The number of rotatable bonds is 26. The summed E-state index contributed by atoms with van der Waals surface area (Å²) in [7, 11) is -0.869.